The van der Waals surface area contributed by atoms with Gasteiger partial charge in [0.2, 0.25) is 15.9 Å². The number of carbonyl (C=O) groups is 1. The summed E-state index contributed by atoms with van der Waals surface area (Å²) in [5.41, 5.74) is 2.20. The molecule has 1 rings (SSSR count). The van der Waals surface area contributed by atoms with E-state index in [9.17, 15) is 13.2 Å². The van der Waals surface area contributed by atoms with Gasteiger partial charge in [-0.2, -0.15) is 0 Å². The maximum Gasteiger partial charge on any atom is 0.244 e. The first kappa shape index (κ1) is 16.8. The summed E-state index contributed by atoms with van der Waals surface area (Å²) < 4.78 is 26.9. The molecule has 0 saturated heterocycles. The van der Waals surface area contributed by atoms with Gasteiger partial charge in [0.1, 0.15) is 4.90 Å². The predicted molar refractivity (Wildman–Crippen MR) is 78.2 cm³/mol. The zero-order valence-electron chi connectivity index (χ0n) is 11.0. The third-order valence-electron chi connectivity index (χ3n) is 2.12. The second-order valence-corrected chi connectivity index (χ2v) is 6.84. The van der Waals surface area contributed by atoms with E-state index < -0.39 is 15.9 Å². The molecule has 0 saturated carbocycles. The van der Waals surface area contributed by atoms with Crippen LogP contribution in [0.5, 0.6) is 0 Å². The number of nitrogen functional groups attached to an aromatic ring is 1. The molecule has 1 amide bonds. The van der Waals surface area contributed by atoms with Crippen molar-refractivity contribution in [2.45, 2.75) is 24.8 Å². The van der Waals surface area contributed by atoms with E-state index in [-0.39, 0.29) is 23.3 Å². The minimum Gasteiger partial charge on any atom is -0.353 e. The molecular formula is C10H16BrN5O3S. The van der Waals surface area contributed by atoms with Gasteiger partial charge in [0.15, 0.2) is 5.82 Å². The number of aromatic nitrogens is 1. The summed E-state index contributed by atoms with van der Waals surface area (Å²) in [5, 5.41) is 2.58. The number of halogens is 1. The first-order valence-corrected chi connectivity index (χ1v) is 7.95. The van der Waals surface area contributed by atoms with E-state index in [1.54, 1.807) is 13.8 Å². The summed E-state index contributed by atoms with van der Waals surface area (Å²) in [6.45, 7) is 3.19. The lowest BCUT2D eigenvalue weighted by molar-refractivity contribution is -0.120. The number of nitrogens with one attached hydrogen (secondary N) is 3. The zero-order chi connectivity index (χ0) is 15.3. The van der Waals surface area contributed by atoms with E-state index in [1.165, 1.54) is 12.3 Å². The van der Waals surface area contributed by atoms with Gasteiger partial charge in [0.25, 0.3) is 0 Å². The normalized spacial score (nSPS) is 11.4. The highest BCUT2D eigenvalue weighted by Gasteiger charge is 2.21. The van der Waals surface area contributed by atoms with Crippen molar-refractivity contribution in [1.82, 2.24) is 15.0 Å². The summed E-state index contributed by atoms with van der Waals surface area (Å²) in [6, 6.07) is 1.27. The lowest BCUT2D eigenvalue weighted by Gasteiger charge is -2.12. The van der Waals surface area contributed by atoms with Crippen molar-refractivity contribution in [3.05, 3.63) is 16.7 Å². The Morgan fingerprint density at radius 2 is 2.15 bits per heavy atom. The Labute approximate surface area is 125 Å². The average Bonchev–Trinajstić information content (AvgIpc) is 2.36. The molecule has 0 unspecified atom stereocenters. The van der Waals surface area contributed by atoms with Crippen LogP contribution < -0.4 is 21.3 Å². The molecule has 20 heavy (non-hydrogen) atoms. The lowest BCUT2D eigenvalue weighted by atomic mass is 10.4. The minimum atomic E-state index is -3.90. The largest absolute Gasteiger partial charge is 0.353 e. The summed E-state index contributed by atoms with van der Waals surface area (Å²) >= 11 is 3.13. The van der Waals surface area contributed by atoms with Crippen LogP contribution in [0.25, 0.3) is 0 Å². The Bertz CT molecular complexity index is 591. The third-order valence-corrected chi connectivity index (χ3v) is 3.97. The van der Waals surface area contributed by atoms with Crippen molar-refractivity contribution in [3.8, 4) is 0 Å². The van der Waals surface area contributed by atoms with Crippen molar-refractivity contribution in [2.75, 3.05) is 12.0 Å². The van der Waals surface area contributed by atoms with Gasteiger partial charge in [-0.05, 0) is 35.8 Å². The first-order chi connectivity index (χ1) is 9.26. The first-order valence-electron chi connectivity index (χ1n) is 5.67. The van der Waals surface area contributed by atoms with E-state index in [0.717, 1.165) is 0 Å². The molecule has 5 N–H and O–H groups in total. The fourth-order valence-electron chi connectivity index (χ4n) is 1.35. The van der Waals surface area contributed by atoms with Crippen LogP contribution in [0.2, 0.25) is 0 Å². The van der Waals surface area contributed by atoms with Crippen molar-refractivity contribution in [3.63, 3.8) is 0 Å². The Balaban J connectivity index is 2.89. The van der Waals surface area contributed by atoms with Crippen LogP contribution >= 0.6 is 15.9 Å². The van der Waals surface area contributed by atoms with Crippen LogP contribution in [0.3, 0.4) is 0 Å². The topological polar surface area (TPSA) is 126 Å². The molecule has 1 aromatic rings. The highest BCUT2D eigenvalue weighted by Crippen LogP contribution is 2.21. The molecule has 0 fully saturated rings. The molecule has 8 nitrogen and oxygen atoms in total. The quantitative estimate of drug-likeness (QED) is 0.413. The van der Waals surface area contributed by atoms with Gasteiger partial charge in [-0.1, -0.05) is 0 Å². The standard InChI is InChI=1S/C10H16BrN5O3S/c1-6(2)15-9(17)5-14-20(18,19)8-3-7(11)4-13-10(8)16-12/h3-4,6,14H,5,12H2,1-2H3,(H,13,16)(H,15,17). The van der Waals surface area contributed by atoms with E-state index >= 15 is 0 Å². The molecule has 1 heterocycles. The molecule has 0 aliphatic carbocycles. The summed E-state index contributed by atoms with van der Waals surface area (Å²) in [6.07, 6.45) is 1.40. The molecule has 0 aliphatic rings. The summed E-state index contributed by atoms with van der Waals surface area (Å²) in [5.74, 6) is 4.79. The maximum atomic E-state index is 12.1. The van der Waals surface area contributed by atoms with Crippen LogP contribution in [0.4, 0.5) is 5.82 Å². The number of rotatable bonds is 6. The maximum absolute atomic E-state index is 12.1. The van der Waals surface area contributed by atoms with Crippen molar-refractivity contribution in [2.24, 2.45) is 5.84 Å². The highest BCUT2D eigenvalue weighted by molar-refractivity contribution is 9.10. The van der Waals surface area contributed by atoms with Gasteiger partial charge in [-0.3, -0.25) is 4.79 Å². The smallest absolute Gasteiger partial charge is 0.244 e. The van der Waals surface area contributed by atoms with Gasteiger partial charge in [0, 0.05) is 16.7 Å². The molecule has 0 bridgehead atoms. The van der Waals surface area contributed by atoms with E-state index in [2.05, 4.69) is 36.4 Å². The molecule has 0 aliphatic heterocycles. The minimum absolute atomic E-state index is 0.00929. The lowest BCUT2D eigenvalue weighted by Crippen LogP contribution is -2.40. The van der Waals surface area contributed by atoms with Crippen LogP contribution in [0.15, 0.2) is 21.6 Å². The van der Waals surface area contributed by atoms with Gasteiger partial charge >= 0.3 is 0 Å². The SMILES string of the molecule is CC(C)NC(=O)CNS(=O)(=O)c1cc(Br)cnc1NN. The van der Waals surface area contributed by atoms with Crippen molar-refractivity contribution in [1.29, 1.82) is 0 Å². The number of amides is 1. The van der Waals surface area contributed by atoms with Crippen LogP contribution in [0, 0.1) is 0 Å². The molecule has 0 spiro atoms. The van der Waals surface area contributed by atoms with E-state index in [1.807, 2.05) is 0 Å². The van der Waals surface area contributed by atoms with E-state index in [0.29, 0.717) is 4.47 Å². The second kappa shape index (κ2) is 6.97. The number of nitrogens with two attached hydrogens (primary N) is 1. The number of anilines is 1. The molecular weight excluding hydrogens is 350 g/mol. The van der Waals surface area contributed by atoms with Gasteiger partial charge in [-0.25, -0.2) is 24.0 Å². The van der Waals surface area contributed by atoms with Gasteiger partial charge < -0.3 is 10.7 Å². The number of hydrogen-bond acceptors (Lipinski definition) is 6. The summed E-state index contributed by atoms with van der Waals surface area (Å²) in [4.78, 5) is 15.1. The third kappa shape index (κ3) is 4.71. The van der Waals surface area contributed by atoms with Crippen LogP contribution in [-0.2, 0) is 14.8 Å². The number of sulfonamides is 1. The fourth-order valence-corrected chi connectivity index (χ4v) is 2.95. The number of hydrogen-bond donors (Lipinski definition) is 4. The Hall–Kier alpha value is -1.23. The van der Waals surface area contributed by atoms with Crippen LogP contribution in [-0.4, -0.2) is 31.9 Å². The van der Waals surface area contributed by atoms with Crippen molar-refractivity contribution < 1.29 is 13.2 Å². The molecule has 112 valence electrons. The number of hydrazine groups is 1. The Kier molecular flexibility index (Phi) is 5.87. The molecule has 0 radical (unpaired) electrons. The molecule has 10 heteroatoms. The number of pyridine rings is 1. The predicted octanol–water partition coefficient (Wildman–Crippen LogP) is -0.0674. The van der Waals surface area contributed by atoms with Crippen LogP contribution in [0.1, 0.15) is 13.8 Å². The summed E-state index contributed by atoms with van der Waals surface area (Å²) in [7, 11) is -3.90. The average molecular weight is 366 g/mol. The number of carbonyl (C=O) groups excluding carboxylic acids is 1. The van der Waals surface area contributed by atoms with Crippen molar-refractivity contribution >= 4 is 37.7 Å². The van der Waals surface area contributed by atoms with Gasteiger partial charge in [0.05, 0.1) is 6.54 Å². The Morgan fingerprint density at radius 1 is 1.50 bits per heavy atom. The zero-order valence-corrected chi connectivity index (χ0v) is 13.4. The monoisotopic (exact) mass is 365 g/mol. The highest BCUT2D eigenvalue weighted by atomic mass is 79.9. The number of nitrogens with zero attached hydrogens (tertiary/aromatic N) is 1. The van der Waals surface area contributed by atoms with Gasteiger partial charge in [-0.15, -0.1) is 0 Å². The molecule has 1 aromatic heterocycles. The fraction of sp³-hybridized carbons (Fsp3) is 0.400. The molecule has 0 aromatic carbocycles. The van der Waals surface area contributed by atoms with E-state index in [4.69, 9.17) is 5.84 Å². The second-order valence-electron chi connectivity index (χ2n) is 4.19. The molecule has 0 atom stereocenters. The Morgan fingerprint density at radius 3 is 2.70 bits per heavy atom.